The number of nitrogens with zero attached hydrogens (tertiary/aromatic N) is 1. The minimum atomic E-state index is -0.684. The summed E-state index contributed by atoms with van der Waals surface area (Å²) in [4.78, 5) is 17.1. The first-order valence-electron chi connectivity index (χ1n) is 7.98. The van der Waals surface area contributed by atoms with E-state index in [1.807, 2.05) is 30.3 Å². The first-order chi connectivity index (χ1) is 10.9. The Morgan fingerprint density at radius 2 is 2.13 bits per heavy atom. The van der Waals surface area contributed by atoms with Crippen molar-refractivity contribution in [2.45, 2.75) is 49.8 Å². The third-order valence-corrected chi connectivity index (χ3v) is 4.73. The molecule has 0 aliphatic heterocycles. The first-order valence-corrected chi connectivity index (χ1v) is 8.97. The molecule has 4 nitrogen and oxygen atoms in total. The summed E-state index contributed by atoms with van der Waals surface area (Å²) in [7, 11) is 0. The summed E-state index contributed by atoms with van der Waals surface area (Å²) in [6.45, 7) is 3.60. The number of nitrogens with one attached hydrogen (secondary N) is 1. The van der Waals surface area contributed by atoms with E-state index >= 15 is 0 Å². The highest BCUT2D eigenvalue weighted by molar-refractivity contribution is 7.99. The van der Waals surface area contributed by atoms with Crippen LogP contribution in [-0.2, 0) is 0 Å². The van der Waals surface area contributed by atoms with Crippen molar-refractivity contribution in [3.05, 3.63) is 35.9 Å². The number of benzene rings is 1. The van der Waals surface area contributed by atoms with Crippen molar-refractivity contribution in [3.63, 3.8) is 0 Å². The van der Waals surface area contributed by atoms with Crippen LogP contribution in [0.4, 0.5) is 0 Å². The number of pyridine rings is 1. The molecule has 2 aromatic rings. The van der Waals surface area contributed by atoms with Crippen LogP contribution in [0.15, 0.2) is 35.4 Å². The fourth-order valence-electron chi connectivity index (χ4n) is 2.31. The number of aromatic nitrogens is 1. The number of fused-ring (bicyclic) bond motifs is 1. The third kappa shape index (κ3) is 4.45. The summed E-state index contributed by atoms with van der Waals surface area (Å²) in [5.41, 5.74) is 0.839. The molecule has 5 heteroatoms. The van der Waals surface area contributed by atoms with Gasteiger partial charge >= 0.3 is 0 Å². The van der Waals surface area contributed by atoms with Crippen molar-refractivity contribution < 1.29 is 9.90 Å². The lowest BCUT2D eigenvalue weighted by Gasteiger charge is -2.16. The Morgan fingerprint density at radius 1 is 1.39 bits per heavy atom. The molecule has 1 aromatic carbocycles. The summed E-state index contributed by atoms with van der Waals surface area (Å²) >= 11 is 1.58. The van der Waals surface area contributed by atoms with Crippen molar-refractivity contribution in [3.8, 4) is 0 Å². The van der Waals surface area contributed by atoms with Gasteiger partial charge in [0, 0.05) is 17.2 Å². The van der Waals surface area contributed by atoms with Gasteiger partial charge in [-0.1, -0.05) is 18.2 Å². The fraction of sp³-hybridized carbons (Fsp3) is 0.444. The second-order valence-electron chi connectivity index (χ2n) is 6.68. The molecule has 1 aliphatic rings. The summed E-state index contributed by atoms with van der Waals surface area (Å²) in [5, 5.41) is 14.6. The topological polar surface area (TPSA) is 62.2 Å². The normalized spacial score (nSPS) is 14.9. The lowest BCUT2D eigenvalue weighted by molar-refractivity contribution is 0.0777. The van der Waals surface area contributed by atoms with Crippen LogP contribution in [0.2, 0.25) is 0 Å². The second kappa shape index (κ2) is 6.49. The van der Waals surface area contributed by atoms with Gasteiger partial charge in [0.15, 0.2) is 0 Å². The number of aliphatic hydroxyl groups is 1. The van der Waals surface area contributed by atoms with Gasteiger partial charge in [-0.3, -0.25) is 4.79 Å². The van der Waals surface area contributed by atoms with Crippen molar-refractivity contribution in [2.24, 2.45) is 0 Å². The largest absolute Gasteiger partial charge is 0.390 e. The monoisotopic (exact) mass is 330 g/mol. The summed E-state index contributed by atoms with van der Waals surface area (Å²) in [5.74, 6) is 0.744. The van der Waals surface area contributed by atoms with Gasteiger partial charge in [0.2, 0.25) is 0 Å². The highest BCUT2D eigenvalue weighted by Crippen LogP contribution is 2.27. The van der Waals surface area contributed by atoms with Crippen molar-refractivity contribution >= 4 is 28.6 Å². The minimum Gasteiger partial charge on any atom is -0.390 e. The molecule has 122 valence electrons. The molecule has 0 saturated heterocycles. The second-order valence-corrected chi connectivity index (χ2v) is 7.80. The number of rotatable bonds is 6. The van der Waals surface area contributed by atoms with Crippen LogP contribution in [0.1, 0.15) is 43.5 Å². The quantitative estimate of drug-likeness (QED) is 0.797. The highest BCUT2D eigenvalue weighted by atomic mass is 32.2. The average Bonchev–Trinajstić information content (AvgIpc) is 3.29. The van der Waals surface area contributed by atoms with Crippen molar-refractivity contribution in [1.82, 2.24) is 10.3 Å². The van der Waals surface area contributed by atoms with Crippen LogP contribution in [-0.4, -0.2) is 33.4 Å². The van der Waals surface area contributed by atoms with E-state index in [-0.39, 0.29) is 5.91 Å². The maximum Gasteiger partial charge on any atom is 0.252 e. The molecule has 0 atom stereocenters. The summed E-state index contributed by atoms with van der Waals surface area (Å²) in [6.07, 6.45) is 2.82. The highest BCUT2D eigenvalue weighted by Gasteiger charge is 2.25. The third-order valence-electron chi connectivity index (χ3n) is 3.81. The summed E-state index contributed by atoms with van der Waals surface area (Å²) in [6, 6.07) is 9.94. The van der Waals surface area contributed by atoms with Gasteiger partial charge in [0.25, 0.3) is 5.91 Å². The van der Waals surface area contributed by atoms with Crippen LogP contribution in [0.3, 0.4) is 0 Å². The van der Waals surface area contributed by atoms with Crippen LogP contribution < -0.4 is 5.32 Å². The lowest BCUT2D eigenvalue weighted by Crippen LogP contribution is -2.25. The van der Waals surface area contributed by atoms with Crippen molar-refractivity contribution in [2.75, 3.05) is 5.75 Å². The Labute approximate surface area is 140 Å². The van der Waals surface area contributed by atoms with E-state index in [9.17, 15) is 9.90 Å². The number of hydrogen-bond acceptors (Lipinski definition) is 4. The summed E-state index contributed by atoms with van der Waals surface area (Å²) < 4.78 is 0. The van der Waals surface area contributed by atoms with Gasteiger partial charge < -0.3 is 10.4 Å². The van der Waals surface area contributed by atoms with E-state index < -0.39 is 5.60 Å². The molecular weight excluding hydrogens is 308 g/mol. The Morgan fingerprint density at radius 3 is 2.83 bits per heavy atom. The molecule has 1 saturated carbocycles. The van der Waals surface area contributed by atoms with Gasteiger partial charge in [-0.2, -0.15) is 0 Å². The average molecular weight is 330 g/mol. The Balaban J connectivity index is 1.85. The molecule has 0 unspecified atom stereocenters. The maximum absolute atomic E-state index is 12.5. The van der Waals surface area contributed by atoms with E-state index in [1.165, 1.54) is 0 Å². The number of para-hydroxylation sites is 1. The standard InChI is InChI=1S/C18H22N2O2S/c1-18(2,22)9-10-23-16-11-14(17(21)19-12-7-8-12)13-5-3-4-6-15(13)20-16/h3-6,11-12,22H,7-10H2,1-2H3,(H,19,21). The molecule has 1 aliphatic carbocycles. The van der Waals surface area contributed by atoms with Gasteiger partial charge in [-0.25, -0.2) is 4.98 Å². The predicted octanol–water partition coefficient (Wildman–Crippen LogP) is 3.38. The number of hydrogen-bond donors (Lipinski definition) is 2. The van der Waals surface area contributed by atoms with Crippen LogP contribution in [0, 0.1) is 0 Å². The van der Waals surface area contributed by atoms with Crippen LogP contribution in [0.25, 0.3) is 10.9 Å². The predicted molar refractivity (Wildman–Crippen MR) is 93.9 cm³/mol. The van der Waals surface area contributed by atoms with Crippen molar-refractivity contribution in [1.29, 1.82) is 0 Å². The molecule has 0 radical (unpaired) electrons. The van der Waals surface area contributed by atoms with Crippen LogP contribution >= 0.6 is 11.8 Å². The number of carbonyl (C=O) groups excluding carboxylic acids is 1. The molecule has 1 amide bonds. The zero-order valence-electron chi connectivity index (χ0n) is 13.5. The molecule has 2 N–H and O–H groups in total. The van der Waals surface area contributed by atoms with E-state index in [4.69, 9.17) is 0 Å². The molecule has 1 fully saturated rings. The SMILES string of the molecule is CC(C)(O)CCSc1cc(C(=O)NC2CC2)c2ccccc2n1. The molecule has 3 rings (SSSR count). The molecule has 0 bridgehead atoms. The van der Waals surface area contributed by atoms with Gasteiger partial charge in [-0.15, -0.1) is 11.8 Å². The lowest BCUT2D eigenvalue weighted by atomic mass is 10.1. The smallest absolute Gasteiger partial charge is 0.252 e. The number of carbonyl (C=O) groups is 1. The molecule has 1 heterocycles. The van der Waals surface area contributed by atoms with Gasteiger partial charge in [0.05, 0.1) is 21.7 Å². The molecule has 1 aromatic heterocycles. The van der Waals surface area contributed by atoms with Gasteiger partial charge in [0.1, 0.15) is 0 Å². The minimum absolute atomic E-state index is 0.0181. The van der Waals surface area contributed by atoms with Crippen LogP contribution in [0.5, 0.6) is 0 Å². The number of amides is 1. The molecular formula is C18H22N2O2S. The zero-order chi connectivity index (χ0) is 16.4. The first kappa shape index (κ1) is 16.3. The Hall–Kier alpha value is -1.59. The zero-order valence-corrected chi connectivity index (χ0v) is 14.3. The van der Waals surface area contributed by atoms with Gasteiger partial charge in [-0.05, 0) is 45.2 Å². The van der Waals surface area contributed by atoms with E-state index in [0.717, 1.165) is 34.5 Å². The fourth-order valence-corrected chi connectivity index (χ4v) is 3.48. The van der Waals surface area contributed by atoms with E-state index in [0.29, 0.717) is 18.0 Å². The van der Waals surface area contributed by atoms with E-state index in [1.54, 1.807) is 25.6 Å². The Kier molecular flexibility index (Phi) is 4.60. The van der Waals surface area contributed by atoms with E-state index in [2.05, 4.69) is 10.3 Å². The number of thioether (sulfide) groups is 1. The molecule has 0 spiro atoms. The molecule has 23 heavy (non-hydrogen) atoms. The Bertz CT molecular complexity index is 721. The maximum atomic E-state index is 12.5.